The van der Waals surface area contributed by atoms with Crippen molar-refractivity contribution in [2.45, 2.75) is 46.5 Å². The Morgan fingerprint density at radius 2 is 2.42 bits per heavy atom. The van der Waals surface area contributed by atoms with Crippen LogP contribution in [-0.2, 0) is 0 Å². The second-order valence-corrected chi connectivity index (χ2v) is 5.05. The van der Waals surface area contributed by atoms with E-state index < -0.39 is 0 Å². The predicted molar refractivity (Wildman–Crippen MR) is 53.0 cm³/mol. The third-order valence-corrected chi connectivity index (χ3v) is 3.81. The Hall–Kier alpha value is -0.260. The van der Waals surface area contributed by atoms with E-state index in [1.165, 1.54) is 25.7 Å². The molecule has 1 fully saturated rings. The smallest absolute Gasteiger partial charge is 0.00785 e. The van der Waals surface area contributed by atoms with Crippen LogP contribution in [0, 0.1) is 17.3 Å². The maximum absolute atomic E-state index is 2.57. The summed E-state index contributed by atoms with van der Waals surface area (Å²) in [7, 11) is 0. The lowest BCUT2D eigenvalue weighted by Gasteiger charge is -2.14. The van der Waals surface area contributed by atoms with E-state index in [0.29, 0.717) is 5.41 Å². The van der Waals surface area contributed by atoms with E-state index in [1.54, 1.807) is 5.57 Å². The van der Waals surface area contributed by atoms with Gasteiger partial charge in [0.15, 0.2) is 0 Å². The molecule has 0 heteroatoms. The Labute approximate surface area is 76.1 Å². The van der Waals surface area contributed by atoms with Crippen LogP contribution in [0.3, 0.4) is 0 Å². The summed E-state index contributed by atoms with van der Waals surface area (Å²) >= 11 is 0. The largest absolute Gasteiger partial charge is 0.0791 e. The minimum Gasteiger partial charge on any atom is -0.0791 e. The van der Waals surface area contributed by atoms with Crippen molar-refractivity contribution in [2.24, 2.45) is 17.3 Å². The van der Waals surface area contributed by atoms with Crippen molar-refractivity contribution < 1.29 is 0 Å². The number of allylic oxidation sites excluding steroid dienone is 2. The Morgan fingerprint density at radius 3 is 2.92 bits per heavy atom. The monoisotopic (exact) mass is 164 g/mol. The van der Waals surface area contributed by atoms with E-state index in [4.69, 9.17) is 0 Å². The van der Waals surface area contributed by atoms with Gasteiger partial charge in [-0.3, -0.25) is 0 Å². The van der Waals surface area contributed by atoms with Crippen LogP contribution in [0.5, 0.6) is 0 Å². The van der Waals surface area contributed by atoms with E-state index >= 15 is 0 Å². The van der Waals surface area contributed by atoms with Gasteiger partial charge in [0.25, 0.3) is 0 Å². The summed E-state index contributed by atoms with van der Waals surface area (Å²) in [6, 6.07) is 0. The zero-order chi connectivity index (χ0) is 8.77. The SMILES string of the molecule is CCC(C)CC12C=C(C)CC1C2. The minimum atomic E-state index is 0.694. The van der Waals surface area contributed by atoms with Crippen molar-refractivity contribution in [3.63, 3.8) is 0 Å². The highest BCUT2D eigenvalue weighted by Crippen LogP contribution is 2.64. The first kappa shape index (κ1) is 8.34. The van der Waals surface area contributed by atoms with Crippen LogP contribution in [0.4, 0.5) is 0 Å². The van der Waals surface area contributed by atoms with Crippen LogP contribution in [0.15, 0.2) is 11.6 Å². The van der Waals surface area contributed by atoms with Crippen LogP contribution in [-0.4, -0.2) is 0 Å². The Kier molecular flexibility index (Phi) is 1.82. The normalized spacial score (nSPS) is 40.6. The highest BCUT2D eigenvalue weighted by Gasteiger charge is 2.55. The van der Waals surface area contributed by atoms with Crippen molar-refractivity contribution in [3.8, 4) is 0 Å². The summed E-state index contributed by atoms with van der Waals surface area (Å²) in [6.45, 7) is 7.00. The quantitative estimate of drug-likeness (QED) is 0.557. The molecule has 3 unspecified atom stereocenters. The molecule has 0 aliphatic heterocycles. The fraction of sp³-hybridized carbons (Fsp3) is 0.833. The molecule has 0 heterocycles. The summed E-state index contributed by atoms with van der Waals surface area (Å²) in [5.41, 5.74) is 2.34. The van der Waals surface area contributed by atoms with Gasteiger partial charge in [0.1, 0.15) is 0 Å². The molecule has 3 atom stereocenters. The van der Waals surface area contributed by atoms with Crippen molar-refractivity contribution in [2.75, 3.05) is 0 Å². The van der Waals surface area contributed by atoms with E-state index in [-0.39, 0.29) is 0 Å². The maximum Gasteiger partial charge on any atom is -0.00785 e. The van der Waals surface area contributed by atoms with Crippen LogP contribution in [0.1, 0.15) is 46.5 Å². The zero-order valence-electron chi connectivity index (χ0n) is 8.56. The van der Waals surface area contributed by atoms with Crippen molar-refractivity contribution >= 4 is 0 Å². The van der Waals surface area contributed by atoms with E-state index in [2.05, 4.69) is 26.8 Å². The van der Waals surface area contributed by atoms with Gasteiger partial charge in [0.2, 0.25) is 0 Å². The number of rotatable bonds is 3. The third-order valence-electron chi connectivity index (χ3n) is 3.81. The van der Waals surface area contributed by atoms with Crippen molar-refractivity contribution in [3.05, 3.63) is 11.6 Å². The third kappa shape index (κ3) is 1.22. The minimum absolute atomic E-state index is 0.694. The van der Waals surface area contributed by atoms with Crippen molar-refractivity contribution in [1.82, 2.24) is 0 Å². The first-order chi connectivity index (χ1) is 5.66. The molecule has 0 aromatic rings. The topological polar surface area (TPSA) is 0 Å². The van der Waals surface area contributed by atoms with Crippen LogP contribution in [0.2, 0.25) is 0 Å². The summed E-state index contributed by atoms with van der Waals surface area (Å²) in [5.74, 6) is 1.98. The van der Waals surface area contributed by atoms with Gasteiger partial charge >= 0.3 is 0 Å². The molecular weight excluding hydrogens is 144 g/mol. The molecule has 2 aliphatic carbocycles. The highest BCUT2D eigenvalue weighted by molar-refractivity contribution is 5.27. The molecule has 1 saturated carbocycles. The Balaban J connectivity index is 1.97. The highest BCUT2D eigenvalue weighted by atomic mass is 14.6. The molecule has 0 bridgehead atoms. The van der Waals surface area contributed by atoms with Crippen LogP contribution >= 0.6 is 0 Å². The summed E-state index contributed by atoms with van der Waals surface area (Å²) < 4.78 is 0. The first-order valence-electron chi connectivity index (χ1n) is 5.34. The van der Waals surface area contributed by atoms with Crippen LogP contribution < -0.4 is 0 Å². The average molecular weight is 164 g/mol. The molecule has 0 spiro atoms. The van der Waals surface area contributed by atoms with Gasteiger partial charge in [0, 0.05) is 0 Å². The molecule has 0 N–H and O–H groups in total. The lowest BCUT2D eigenvalue weighted by atomic mass is 9.91. The fourth-order valence-electron chi connectivity index (χ4n) is 2.89. The van der Waals surface area contributed by atoms with Crippen molar-refractivity contribution in [1.29, 1.82) is 0 Å². The first-order valence-corrected chi connectivity index (χ1v) is 5.34. The molecule has 0 aromatic heterocycles. The molecule has 0 amide bonds. The Bertz CT molecular complexity index is 214. The van der Waals surface area contributed by atoms with Crippen LogP contribution in [0.25, 0.3) is 0 Å². The lowest BCUT2D eigenvalue weighted by molar-refractivity contribution is 0.407. The number of hydrogen-bond donors (Lipinski definition) is 0. The van der Waals surface area contributed by atoms with Gasteiger partial charge in [-0.15, -0.1) is 0 Å². The summed E-state index contributed by atoms with van der Waals surface area (Å²) in [5, 5.41) is 0. The van der Waals surface area contributed by atoms with Gasteiger partial charge in [-0.05, 0) is 43.4 Å². The molecule has 0 radical (unpaired) electrons. The maximum atomic E-state index is 2.57. The molecule has 0 aromatic carbocycles. The summed E-state index contributed by atoms with van der Waals surface area (Å²) in [4.78, 5) is 0. The molecule has 68 valence electrons. The molecule has 2 aliphatic rings. The van der Waals surface area contributed by atoms with Gasteiger partial charge in [-0.2, -0.15) is 0 Å². The molecule has 0 nitrogen and oxygen atoms in total. The van der Waals surface area contributed by atoms with Gasteiger partial charge in [-0.25, -0.2) is 0 Å². The van der Waals surface area contributed by atoms with E-state index in [0.717, 1.165) is 11.8 Å². The second kappa shape index (κ2) is 2.61. The number of fused-ring (bicyclic) bond motifs is 1. The fourth-order valence-corrected chi connectivity index (χ4v) is 2.89. The standard InChI is InChI=1S/C12H20/c1-4-9(2)6-12-7-10(3)5-11(12)8-12/h7,9,11H,4-6,8H2,1-3H3. The molecule has 12 heavy (non-hydrogen) atoms. The zero-order valence-corrected chi connectivity index (χ0v) is 8.56. The predicted octanol–water partition coefficient (Wildman–Crippen LogP) is 3.78. The average Bonchev–Trinajstić information content (AvgIpc) is 2.53. The van der Waals surface area contributed by atoms with E-state index in [9.17, 15) is 0 Å². The molecular formula is C12H20. The number of hydrogen-bond acceptors (Lipinski definition) is 0. The molecule has 0 saturated heterocycles. The molecule has 2 rings (SSSR count). The van der Waals surface area contributed by atoms with E-state index in [1.807, 2.05) is 0 Å². The Morgan fingerprint density at radius 1 is 1.67 bits per heavy atom. The van der Waals surface area contributed by atoms with Gasteiger partial charge < -0.3 is 0 Å². The lowest BCUT2D eigenvalue weighted by Crippen LogP contribution is -2.04. The summed E-state index contributed by atoms with van der Waals surface area (Å²) in [6.07, 6.45) is 8.27. The van der Waals surface area contributed by atoms with Gasteiger partial charge in [-0.1, -0.05) is 31.9 Å². The second-order valence-electron chi connectivity index (χ2n) is 5.05. The van der Waals surface area contributed by atoms with Gasteiger partial charge in [0.05, 0.1) is 0 Å².